The molecule has 2 N–H and O–H groups in total. The Hall–Kier alpha value is -4.72. The van der Waals surface area contributed by atoms with E-state index in [0.29, 0.717) is 23.5 Å². The first-order chi connectivity index (χ1) is 17.1. The van der Waals surface area contributed by atoms with Crippen molar-refractivity contribution in [3.8, 4) is 11.3 Å². The lowest BCUT2D eigenvalue weighted by Crippen LogP contribution is -2.30. The molecule has 3 aromatic carbocycles. The molecule has 0 spiro atoms. The van der Waals surface area contributed by atoms with E-state index in [0.717, 1.165) is 21.6 Å². The Balaban J connectivity index is 1.40. The van der Waals surface area contributed by atoms with Crippen LogP contribution in [0, 0.1) is 0 Å². The Morgan fingerprint density at radius 3 is 2.31 bits per heavy atom. The van der Waals surface area contributed by atoms with Crippen molar-refractivity contribution in [3.05, 3.63) is 108 Å². The smallest absolute Gasteiger partial charge is 0.324 e. The Kier molecular flexibility index (Phi) is 6.09. The van der Waals surface area contributed by atoms with E-state index in [1.165, 1.54) is 0 Å². The molecule has 174 valence electrons. The molecule has 1 aromatic heterocycles. The molecule has 5 rings (SSSR count). The molecule has 1 saturated heterocycles. The number of imide groups is 1. The van der Waals surface area contributed by atoms with Gasteiger partial charge in [-0.1, -0.05) is 72.8 Å². The molecule has 0 saturated carbocycles. The summed E-state index contributed by atoms with van der Waals surface area (Å²) in [6.07, 6.45) is 1.75. The molecule has 1 fully saturated rings. The number of carbonyl (C=O) groups is 3. The zero-order chi connectivity index (χ0) is 24.2. The minimum atomic E-state index is -0.414. The van der Waals surface area contributed by atoms with Gasteiger partial charge in [0.2, 0.25) is 5.91 Å². The molecule has 0 aliphatic carbocycles. The molecule has 0 atom stereocenters. The summed E-state index contributed by atoms with van der Waals surface area (Å²) >= 11 is 0. The Bertz CT molecular complexity index is 1370. The van der Waals surface area contributed by atoms with E-state index in [1.54, 1.807) is 29.1 Å². The zero-order valence-electron chi connectivity index (χ0n) is 18.8. The highest BCUT2D eigenvalue weighted by Gasteiger charge is 2.28. The Morgan fingerprint density at radius 2 is 1.60 bits per heavy atom. The van der Waals surface area contributed by atoms with Gasteiger partial charge in [-0.2, -0.15) is 5.10 Å². The van der Waals surface area contributed by atoms with Crippen LogP contribution in [-0.2, 0) is 17.9 Å². The highest BCUT2D eigenvalue weighted by Crippen LogP contribution is 2.24. The van der Waals surface area contributed by atoms with Crippen molar-refractivity contribution in [2.24, 2.45) is 0 Å². The monoisotopic (exact) mass is 465 g/mol. The van der Waals surface area contributed by atoms with Gasteiger partial charge >= 0.3 is 6.03 Å². The van der Waals surface area contributed by atoms with Crippen LogP contribution < -0.4 is 10.6 Å². The van der Waals surface area contributed by atoms with Gasteiger partial charge in [-0.15, -0.1) is 0 Å². The number of benzene rings is 3. The number of hydrogen-bond acceptors (Lipinski definition) is 4. The van der Waals surface area contributed by atoms with E-state index in [4.69, 9.17) is 5.10 Å². The lowest BCUT2D eigenvalue weighted by Gasteiger charge is -2.13. The summed E-state index contributed by atoms with van der Waals surface area (Å²) in [5.74, 6) is -0.571. The number of amides is 4. The number of rotatable bonds is 7. The standard InChI is InChI=1S/C27H23N5O3/c33-24-15-28-27(35)32(24)17-20-10-7-13-22(14-20)29-26(34)23-18-31(16-19-8-3-1-4-9-19)30-25(23)21-11-5-2-6-12-21/h1-14,18H,15-17H2,(H,28,35)(H,29,34). The van der Waals surface area contributed by atoms with Gasteiger partial charge in [0.05, 0.1) is 25.2 Å². The molecular formula is C27H23N5O3. The lowest BCUT2D eigenvalue weighted by molar-refractivity contribution is -0.125. The summed E-state index contributed by atoms with van der Waals surface area (Å²) < 4.78 is 1.76. The summed E-state index contributed by atoms with van der Waals surface area (Å²) in [6.45, 7) is 0.679. The van der Waals surface area contributed by atoms with Crippen LogP contribution in [0.1, 0.15) is 21.5 Å². The average Bonchev–Trinajstić information content (AvgIpc) is 3.44. The summed E-state index contributed by atoms with van der Waals surface area (Å²) in [4.78, 5) is 38.3. The molecule has 4 amide bonds. The molecule has 1 aliphatic rings. The fraction of sp³-hybridized carbons (Fsp3) is 0.111. The fourth-order valence-electron chi connectivity index (χ4n) is 3.99. The van der Waals surface area contributed by atoms with E-state index < -0.39 is 6.03 Å². The third kappa shape index (κ3) is 4.96. The second kappa shape index (κ2) is 9.64. The number of carbonyl (C=O) groups excluding carboxylic acids is 3. The molecule has 0 unspecified atom stereocenters. The van der Waals surface area contributed by atoms with E-state index in [1.807, 2.05) is 66.7 Å². The maximum absolute atomic E-state index is 13.3. The summed E-state index contributed by atoms with van der Waals surface area (Å²) in [6, 6.07) is 26.2. The minimum absolute atomic E-state index is 0.00446. The van der Waals surface area contributed by atoms with Gasteiger partial charge in [-0.3, -0.25) is 19.2 Å². The third-order valence-electron chi connectivity index (χ3n) is 5.70. The van der Waals surface area contributed by atoms with Gasteiger partial charge in [0.15, 0.2) is 0 Å². The van der Waals surface area contributed by atoms with Crippen LogP contribution >= 0.6 is 0 Å². The van der Waals surface area contributed by atoms with Crippen molar-refractivity contribution < 1.29 is 14.4 Å². The van der Waals surface area contributed by atoms with Gasteiger partial charge < -0.3 is 10.6 Å². The van der Waals surface area contributed by atoms with Crippen molar-refractivity contribution in [2.45, 2.75) is 13.1 Å². The number of aromatic nitrogens is 2. The lowest BCUT2D eigenvalue weighted by atomic mass is 10.1. The SMILES string of the molecule is O=C(Nc1cccc(CN2C(=O)CNC2=O)c1)c1cn(Cc2ccccc2)nc1-c1ccccc1. The first-order valence-electron chi connectivity index (χ1n) is 11.2. The second-order valence-corrected chi connectivity index (χ2v) is 8.23. The van der Waals surface area contributed by atoms with Gasteiger partial charge in [0.25, 0.3) is 5.91 Å². The highest BCUT2D eigenvalue weighted by molar-refractivity contribution is 6.08. The maximum atomic E-state index is 13.3. The van der Waals surface area contributed by atoms with Crippen LogP contribution in [0.15, 0.2) is 91.1 Å². The first kappa shape index (κ1) is 22.1. The van der Waals surface area contributed by atoms with Crippen molar-refractivity contribution in [2.75, 3.05) is 11.9 Å². The zero-order valence-corrected chi connectivity index (χ0v) is 18.8. The topological polar surface area (TPSA) is 96.3 Å². The van der Waals surface area contributed by atoms with Crippen molar-refractivity contribution in [1.82, 2.24) is 20.0 Å². The molecule has 8 heteroatoms. The van der Waals surface area contributed by atoms with E-state index in [-0.39, 0.29) is 24.9 Å². The Morgan fingerprint density at radius 1 is 0.886 bits per heavy atom. The number of nitrogens with one attached hydrogen (secondary N) is 2. The van der Waals surface area contributed by atoms with Crippen LogP contribution in [0.25, 0.3) is 11.3 Å². The highest BCUT2D eigenvalue weighted by atomic mass is 16.2. The molecule has 8 nitrogen and oxygen atoms in total. The van der Waals surface area contributed by atoms with Crippen molar-refractivity contribution in [3.63, 3.8) is 0 Å². The largest absolute Gasteiger partial charge is 0.329 e. The van der Waals surface area contributed by atoms with Gasteiger partial charge in [-0.05, 0) is 23.3 Å². The molecule has 0 bridgehead atoms. The van der Waals surface area contributed by atoms with Crippen LogP contribution in [0.4, 0.5) is 10.5 Å². The van der Waals surface area contributed by atoms with Crippen LogP contribution in [0.2, 0.25) is 0 Å². The molecule has 0 radical (unpaired) electrons. The molecule has 35 heavy (non-hydrogen) atoms. The van der Waals surface area contributed by atoms with Gasteiger partial charge in [0, 0.05) is 17.4 Å². The van der Waals surface area contributed by atoms with E-state index >= 15 is 0 Å². The fourth-order valence-corrected chi connectivity index (χ4v) is 3.99. The summed E-state index contributed by atoms with van der Waals surface area (Å²) in [5, 5.41) is 10.2. The van der Waals surface area contributed by atoms with Crippen LogP contribution in [0.5, 0.6) is 0 Å². The predicted octanol–water partition coefficient (Wildman–Crippen LogP) is 3.90. The number of urea groups is 1. The normalized spacial score (nSPS) is 13.1. The quantitative estimate of drug-likeness (QED) is 0.405. The molecule has 1 aliphatic heterocycles. The third-order valence-corrected chi connectivity index (χ3v) is 5.70. The molecule has 2 heterocycles. The molecular weight excluding hydrogens is 442 g/mol. The number of hydrogen-bond donors (Lipinski definition) is 2. The van der Waals surface area contributed by atoms with E-state index in [2.05, 4.69) is 10.6 Å². The van der Waals surface area contributed by atoms with Crippen LogP contribution in [0.3, 0.4) is 0 Å². The predicted molar refractivity (Wildman–Crippen MR) is 132 cm³/mol. The number of nitrogens with zero attached hydrogens (tertiary/aromatic N) is 3. The minimum Gasteiger partial charge on any atom is -0.329 e. The van der Waals surface area contributed by atoms with Crippen LogP contribution in [-0.4, -0.2) is 39.1 Å². The second-order valence-electron chi connectivity index (χ2n) is 8.23. The van der Waals surface area contributed by atoms with Gasteiger partial charge in [-0.25, -0.2) is 4.79 Å². The Labute approximate surface area is 202 Å². The average molecular weight is 466 g/mol. The maximum Gasteiger partial charge on any atom is 0.324 e. The number of anilines is 1. The van der Waals surface area contributed by atoms with Crippen molar-refractivity contribution >= 4 is 23.5 Å². The van der Waals surface area contributed by atoms with E-state index in [9.17, 15) is 14.4 Å². The van der Waals surface area contributed by atoms with Crippen molar-refractivity contribution in [1.29, 1.82) is 0 Å². The van der Waals surface area contributed by atoms with Gasteiger partial charge in [0.1, 0.15) is 5.69 Å². The summed E-state index contributed by atoms with van der Waals surface area (Å²) in [7, 11) is 0. The molecule has 4 aromatic rings. The summed E-state index contributed by atoms with van der Waals surface area (Å²) in [5.41, 5.74) is 4.26. The first-order valence-corrected chi connectivity index (χ1v) is 11.2.